The fourth-order valence-electron chi connectivity index (χ4n) is 1.78. The predicted octanol–water partition coefficient (Wildman–Crippen LogP) is 1.70. The van der Waals surface area contributed by atoms with Crippen molar-refractivity contribution in [1.29, 1.82) is 0 Å². The lowest BCUT2D eigenvalue weighted by Gasteiger charge is -2.20. The smallest absolute Gasteiger partial charge is 0.371 e. The van der Waals surface area contributed by atoms with E-state index >= 15 is 0 Å². The predicted molar refractivity (Wildman–Crippen MR) is 81.0 cm³/mol. The minimum atomic E-state index is -3.78. The Kier molecular flexibility index (Phi) is 6.39. The van der Waals surface area contributed by atoms with Crippen molar-refractivity contribution in [2.45, 2.75) is 18.2 Å². The molecule has 7 nitrogen and oxygen atoms in total. The van der Waals surface area contributed by atoms with E-state index in [4.69, 9.17) is 9.52 Å². The van der Waals surface area contributed by atoms with Crippen molar-refractivity contribution < 1.29 is 22.7 Å². The van der Waals surface area contributed by atoms with Crippen LogP contribution in [-0.4, -0.2) is 62.4 Å². The summed E-state index contributed by atoms with van der Waals surface area (Å²) < 4.78 is 31.2. The zero-order chi connectivity index (χ0) is 16.2. The van der Waals surface area contributed by atoms with Crippen LogP contribution in [0.3, 0.4) is 0 Å². The van der Waals surface area contributed by atoms with Gasteiger partial charge >= 0.3 is 5.97 Å². The summed E-state index contributed by atoms with van der Waals surface area (Å²) in [6.07, 6.45) is 0.682. The molecule has 1 N–H and O–H groups in total. The first-order valence-corrected chi connectivity index (χ1v) is 8.61. The molecule has 0 radical (unpaired) electrons. The number of hydrogen-bond acceptors (Lipinski definition) is 5. The van der Waals surface area contributed by atoms with Crippen molar-refractivity contribution in [3.63, 3.8) is 0 Å². The first-order chi connectivity index (χ1) is 9.70. The highest BCUT2D eigenvalue weighted by atomic mass is 79.9. The Bertz CT molecular complexity index is 597. The molecule has 9 heteroatoms. The van der Waals surface area contributed by atoms with Crippen molar-refractivity contribution >= 4 is 31.9 Å². The fourth-order valence-corrected chi connectivity index (χ4v) is 4.17. The van der Waals surface area contributed by atoms with Crippen molar-refractivity contribution in [1.82, 2.24) is 9.21 Å². The van der Waals surface area contributed by atoms with Gasteiger partial charge in [-0.05, 0) is 43.0 Å². The highest BCUT2D eigenvalue weighted by Crippen LogP contribution is 2.28. The average molecular weight is 383 g/mol. The van der Waals surface area contributed by atoms with Crippen LogP contribution in [0, 0.1) is 0 Å². The maximum atomic E-state index is 12.5. The third-order valence-corrected chi connectivity index (χ3v) is 5.68. The van der Waals surface area contributed by atoms with Crippen LogP contribution < -0.4 is 0 Å². The summed E-state index contributed by atoms with van der Waals surface area (Å²) in [6.45, 7) is 3.16. The number of hydrogen-bond donors (Lipinski definition) is 1. The summed E-state index contributed by atoms with van der Waals surface area (Å²) in [5.74, 6) is -1.72. The molecule has 0 saturated carbocycles. The number of rotatable bonds is 8. The second-order valence-corrected chi connectivity index (χ2v) is 7.33. The number of sulfonamides is 1. The Morgan fingerprint density at radius 1 is 1.38 bits per heavy atom. The van der Waals surface area contributed by atoms with Crippen LogP contribution in [0.4, 0.5) is 0 Å². The summed E-state index contributed by atoms with van der Waals surface area (Å²) in [4.78, 5) is 12.7. The Morgan fingerprint density at radius 3 is 2.43 bits per heavy atom. The van der Waals surface area contributed by atoms with Gasteiger partial charge in [-0.15, -0.1) is 0 Å². The highest BCUT2D eigenvalue weighted by molar-refractivity contribution is 9.10. The maximum Gasteiger partial charge on any atom is 0.371 e. The van der Waals surface area contributed by atoms with Crippen LogP contribution in [-0.2, 0) is 10.0 Å². The lowest BCUT2D eigenvalue weighted by molar-refractivity contribution is 0.0661. The number of carboxylic acid groups (broad SMARTS) is 1. The molecule has 0 aliphatic rings. The van der Waals surface area contributed by atoms with Crippen molar-refractivity contribution in [2.24, 2.45) is 0 Å². The molecule has 1 aromatic heterocycles. The van der Waals surface area contributed by atoms with Crippen LogP contribution in [0.5, 0.6) is 0 Å². The molecule has 1 aromatic rings. The molecule has 0 amide bonds. The van der Waals surface area contributed by atoms with Gasteiger partial charge in [-0.1, -0.05) is 6.92 Å². The van der Waals surface area contributed by atoms with Gasteiger partial charge in [-0.3, -0.25) is 0 Å². The fraction of sp³-hybridized carbons (Fsp3) is 0.583. The van der Waals surface area contributed by atoms with Gasteiger partial charge in [0.05, 0.1) is 0 Å². The number of carboxylic acids is 1. The average Bonchev–Trinajstić information content (AvgIpc) is 2.77. The van der Waals surface area contributed by atoms with E-state index in [1.54, 1.807) is 6.92 Å². The summed E-state index contributed by atoms with van der Waals surface area (Å²) in [5, 5.41) is 8.86. The van der Waals surface area contributed by atoms with Gasteiger partial charge in [0.15, 0.2) is 4.67 Å². The van der Waals surface area contributed by atoms with Gasteiger partial charge in [0.1, 0.15) is 4.90 Å². The second-order valence-electron chi connectivity index (χ2n) is 4.71. The topological polar surface area (TPSA) is 91.1 Å². The summed E-state index contributed by atoms with van der Waals surface area (Å²) >= 11 is 2.97. The first kappa shape index (κ1) is 18.1. The van der Waals surface area contributed by atoms with Crippen LogP contribution in [0.2, 0.25) is 0 Å². The summed E-state index contributed by atoms with van der Waals surface area (Å²) in [6, 6.07) is 1.02. The van der Waals surface area contributed by atoms with E-state index in [2.05, 4.69) is 15.9 Å². The Balaban J connectivity index is 2.99. The van der Waals surface area contributed by atoms with E-state index in [9.17, 15) is 13.2 Å². The Morgan fingerprint density at radius 2 is 2.00 bits per heavy atom. The first-order valence-electron chi connectivity index (χ1n) is 6.37. The third kappa shape index (κ3) is 4.53. The summed E-state index contributed by atoms with van der Waals surface area (Å²) in [5.41, 5.74) is 0. The van der Waals surface area contributed by atoms with Crippen LogP contribution in [0.15, 0.2) is 20.0 Å². The van der Waals surface area contributed by atoms with Crippen LogP contribution >= 0.6 is 15.9 Å². The quantitative estimate of drug-likeness (QED) is 0.735. The number of halogens is 1. The molecule has 1 rings (SSSR count). The molecule has 0 atom stereocenters. The molecule has 0 spiro atoms. The summed E-state index contributed by atoms with van der Waals surface area (Å²) in [7, 11) is 0.0450. The highest BCUT2D eigenvalue weighted by Gasteiger charge is 2.29. The number of aromatic carboxylic acids is 1. The van der Waals surface area contributed by atoms with Crippen molar-refractivity contribution in [3.8, 4) is 0 Å². The molecule has 120 valence electrons. The zero-order valence-corrected chi connectivity index (χ0v) is 14.6. The van der Waals surface area contributed by atoms with E-state index < -0.39 is 21.8 Å². The molecule has 0 aliphatic carbocycles. The molecule has 21 heavy (non-hydrogen) atoms. The van der Waals surface area contributed by atoms with Gasteiger partial charge in [0.2, 0.25) is 15.8 Å². The largest absolute Gasteiger partial charge is 0.475 e. The van der Waals surface area contributed by atoms with E-state index in [1.165, 1.54) is 4.31 Å². The van der Waals surface area contributed by atoms with Gasteiger partial charge in [-0.2, -0.15) is 4.31 Å². The van der Waals surface area contributed by atoms with Gasteiger partial charge in [0, 0.05) is 19.2 Å². The molecule has 0 unspecified atom stereocenters. The SMILES string of the molecule is CCN(CCCN(C)C)S(=O)(=O)c1cc(C(=O)O)oc1Br. The van der Waals surface area contributed by atoms with Crippen LogP contribution in [0.25, 0.3) is 0 Å². The lowest BCUT2D eigenvalue weighted by Crippen LogP contribution is -2.33. The van der Waals surface area contributed by atoms with Crippen molar-refractivity contribution in [2.75, 3.05) is 33.7 Å². The van der Waals surface area contributed by atoms with E-state index in [-0.39, 0.29) is 9.56 Å². The van der Waals surface area contributed by atoms with Gasteiger partial charge < -0.3 is 14.4 Å². The molecule has 0 bridgehead atoms. The molecular formula is C12H19BrN2O5S. The number of carbonyl (C=O) groups is 1. The standard InChI is InChI=1S/C12H19BrN2O5S/c1-4-15(7-5-6-14(2)3)21(18,19)10-8-9(12(16)17)20-11(10)13/h8H,4-7H2,1-3H3,(H,16,17). The normalized spacial score (nSPS) is 12.3. The van der Waals surface area contributed by atoms with E-state index in [0.29, 0.717) is 19.5 Å². The monoisotopic (exact) mass is 382 g/mol. The molecular weight excluding hydrogens is 364 g/mol. The maximum absolute atomic E-state index is 12.5. The lowest BCUT2D eigenvalue weighted by atomic mass is 10.4. The van der Waals surface area contributed by atoms with Gasteiger partial charge in [0.25, 0.3) is 0 Å². The number of nitrogens with zero attached hydrogens (tertiary/aromatic N) is 2. The second kappa shape index (κ2) is 7.39. The third-order valence-electron chi connectivity index (χ3n) is 2.85. The minimum Gasteiger partial charge on any atom is -0.475 e. The Hall–Kier alpha value is -0.900. The number of furan rings is 1. The molecule has 0 fully saturated rings. The molecule has 1 heterocycles. The molecule has 0 aromatic carbocycles. The van der Waals surface area contributed by atoms with E-state index in [1.807, 2.05) is 19.0 Å². The van der Waals surface area contributed by atoms with E-state index in [0.717, 1.165) is 12.6 Å². The zero-order valence-electron chi connectivity index (χ0n) is 12.2. The molecule has 0 aliphatic heterocycles. The van der Waals surface area contributed by atoms with Crippen LogP contribution in [0.1, 0.15) is 23.9 Å². The Labute approximate surface area is 132 Å². The van der Waals surface area contributed by atoms with Gasteiger partial charge in [-0.25, -0.2) is 13.2 Å². The minimum absolute atomic E-state index is 0.0917. The van der Waals surface area contributed by atoms with Crippen molar-refractivity contribution in [3.05, 3.63) is 16.5 Å². The molecule has 0 saturated heterocycles.